The van der Waals surface area contributed by atoms with Crippen molar-refractivity contribution in [2.24, 2.45) is 0 Å². The summed E-state index contributed by atoms with van der Waals surface area (Å²) in [4.78, 5) is 36.3. The lowest BCUT2D eigenvalue weighted by Gasteiger charge is -2.20. The lowest BCUT2D eigenvalue weighted by Crippen LogP contribution is -2.54. The van der Waals surface area contributed by atoms with Gasteiger partial charge in [0, 0.05) is 26.8 Å². The van der Waals surface area contributed by atoms with E-state index < -0.39 is 41.4 Å². The van der Waals surface area contributed by atoms with Crippen molar-refractivity contribution in [2.45, 2.75) is 25.4 Å². The van der Waals surface area contributed by atoms with Crippen molar-refractivity contribution in [3.8, 4) is 0 Å². The average molecular weight is 401 g/mol. The monoisotopic (exact) mass is 401 g/mol. The van der Waals surface area contributed by atoms with Crippen LogP contribution in [0.2, 0.25) is 0 Å². The maximum absolute atomic E-state index is 13.2. The Morgan fingerprint density at radius 1 is 1.00 bits per heavy atom. The lowest BCUT2D eigenvalue weighted by atomic mass is 10.1. The fourth-order valence-corrected chi connectivity index (χ4v) is 2.30. The zero-order valence-electron chi connectivity index (χ0n) is 16.0. The number of amides is 3. The van der Waals surface area contributed by atoms with Gasteiger partial charge in [0.05, 0.1) is 19.6 Å². The summed E-state index contributed by atoms with van der Waals surface area (Å²) < 4.78 is 36.1. The van der Waals surface area contributed by atoms with Crippen LogP contribution in [0.4, 0.5) is 8.78 Å². The number of rotatable bonds is 11. The molecule has 0 saturated heterocycles. The van der Waals surface area contributed by atoms with Gasteiger partial charge in [0.2, 0.25) is 17.7 Å². The molecule has 3 amide bonds. The zero-order chi connectivity index (χ0) is 21.1. The Morgan fingerprint density at radius 2 is 1.64 bits per heavy atom. The zero-order valence-corrected chi connectivity index (χ0v) is 16.0. The van der Waals surface area contributed by atoms with Gasteiger partial charge in [-0.1, -0.05) is 0 Å². The van der Waals surface area contributed by atoms with E-state index in [0.717, 1.165) is 12.1 Å². The van der Waals surface area contributed by atoms with Gasteiger partial charge in [0.15, 0.2) is 0 Å². The van der Waals surface area contributed by atoms with Crippen molar-refractivity contribution in [3.05, 3.63) is 35.4 Å². The Kier molecular flexibility index (Phi) is 10.0. The molecular formula is C18H25F2N3O5. The van der Waals surface area contributed by atoms with Gasteiger partial charge in [-0.3, -0.25) is 14.4 Å². The number of halogens is 2. The molecule has 0 saturated carbocycles. The Morgan fingerprint density at radius 3 is 2.21 bits per heavy atom. The third-order valence-corrected chi connectivity index (χ3v) is 3.63. The molecule has 1 aromatic rings. The van der Waals surface area contributed by atoms with Gasteiger partial charge in [-0.25, -0.2) is 8.78 Å². The highest BCUT2D eigenvalue weighted by Gasteiger charge is 2.24. The first-order valence-corrected chi connectivity index (χ1v) is 8.57. The van der Waals surface area contributed by atoms with Crippen LogP contribution in [0.5, 0.6) is 0 Å². The third kappa shape index (κ3) is 8.40. The van der Waals surface area contributed by atoms with E-state index in [2.05, 4.69) is 16.0 Å². The summed E-state index contributed by atoms with van der Waals surface area (Å²) >= 11 is 0. The molecule has 3 N–H and O–H groups in total. The fraction of sp³-hybridized carbons (Fsp3) is 0.500. The molecule has 0 aliphatic heterocycles. The van der Waals surface area contributed by atoms with E-state index in [1.165, 1.54) is 21.1 Å². The second-order valence-electron chi connectivity index (χ2n) is 6.04. The van der Waals surface area contributed by atoms with E-state index in [1.807, 2.05) is 0 Å². The molecule has 2 atom stereocenters. The maximum Gasteiger partial charge on any atom is 0.245 e. The van der Waals surface area contributed by atoms with Gasteiger partial charge >= 0.3 is 0 Å². The number of carbonyl (C=O) groups excluding carboxylic acids is 3. The topological polar surface area (TPSA) is 106 Å². The van der Waals surface area contributed by atoms with E-state index in [9.17, 15) is 23.2 Å². The summed E-state index contributed by atoms with van der Waals surface area (Å²) in [7, 11) is 2.87. The Hall–Kier alpha value is -2.59. The summed E-state index contributed by atoms with van der Waals surface area (Å²) in [6.45, 7) is 1.94. The molecule has 156 valence electrons. The van der Waals surface area contributed by atoms with Crippen LogP contribution in [0, 0.1) is 11.6 Å². The van der Waals surface area contributed by atoms with E-state index in [4.69, 9.17) is 9.47 Å². The van der Waals surface area contributed by atoms with E-state index >= 15 is 0 Å². The maximum atomic E-state index is 13.2. The minimum absolute atomic E-state index is 0.0617. The summed E-state index contributed by atoms with van der Waals surface area (Å²) in [6.07, 6.45) is -0.300. The van der Waals surface area contributed by atoms with Crippen LogP contribution in [0.15, 0.2) is 18.2 Å². The molecular weight excluding hydrogens is 376 g/mol. The van der Waals surface area contributed by atoms with E-state index in [-0.39, 0.29) is 25.1 Å². The smallest absolute Gasteiger partial charge is 0.245 e. The van der Waals surface area contributed by atoms with Gasteiger partial charge in [0.25, 0.3) is 0 Å². The molecule has 1 unspecified atom stereocenters. The highest BCUT2D eigenvalue weighted by atomic mass is 19.1. The molecule has 0 aliphatic rings. The molecule has 0 heterocycles. The predicted octanol–water partition coefficient (Wildman–Crippen LogP) is -0.0942. The quantitative estimate of drug-likeness (QED) is 0.450. The minimum atomic E-state index is -0.975. The SMILES string of the molecule is COCCNC(=O)C(COC)NC(=O)[C@H](C)NC(=O)Cc1cc(F)cc(F)c1. The predicted molar refractivity (Wildman–Crippen MR) is 96.4 cm³/mol. The normalized spacial score (nSPS) is 12.8. The molecule has 0 bridgehead atoms. The summed E-state index contributed by atoms with van der Waals surface area (Å²) in [5.41, 5.74) is 0.136. The largest absolute Gasteiger partial charge is 0.383 e. The molecule has 0 aromatic heterocycles. The second-order valence-corrected chi connectivity index (χ2v) is 6.04. The molecule has 10 heteroatoms. The van der Waals surface area contributed by atoms with E-state index in [1.54, 1.807) is 0 Å². The van der Waals surface area contributed by atoms with Crippen molar-refractivity contribution >= 4 is 17.7 Å². The number of hydrogen-bond acceptors (Lipinski definition) is 5. The molecule has 0 radical (unpaired) electrons. The van der Waals surface area contributed by atoms with Crippen LogP contribution in [0.25, 0.3) is 0 Å². The van der Waals surface area contributed by atoms with Crippen molar-refractivity contribution in [3.63, 3.8) is 0 Å². The molecule has 0 fully saturated rings. The van der Waals surface area contributed by atoms with Crippen molar-refractivity contribution in [2.75, 3.05) is 34.0 Å². The number of benzene rings is 1. The first-order valence-electron chi connectivity index (χ1n) is 8.57. The van der Waals surface area contributed by atoms with Gasteiger partial charge in [0.1, 0.15) is 23.7 Å². The molecule has 0 spiro atoms. The second kappa shape index (κ2) is 12.0. The van der Waals surface area contributed by atoms with Gasteiger partial charge in [-0.15, -0.1) is 0 Å². The minimum Gasteiger partial charge on any atom is -0.383 e. The molecule has 8 nitrogen and oxygen atoms in total. The molecule has 28 heavy (non-hydrogen) atoms. The third-order valence-electron chi connectivity index (χ3n) is 3.63. The Balaban J connectivity index is 2.58. The standard InChI is InChI=1S/C18H25F2N3O5/c1-11(22-16(24)8-12-6-13(19)9-14(20)7-12)17(25)23-15(10-28-3)18(26)21-4-5-27-2/h6-7,9,11,15H,4-5,8,10H2,1-3H3,(H,21,26)(H,22,24)(H,23,25)/t11-,15?/m0/s1. The van der Waals surface area contributed by atoms with Gasteiger partial charge in [-0.2, -0.15) is 0 Å². The molecule has 1 rings (SSSR count). The van der Waals surface area contributed by atoms with Crippen LogP contribution in [-0.2, 0) is 30.3 Å². The van der Waals surface area contributed by atoms with Crippen molar-refractivity contribution < 1.29 is 32.6 Å². The Bertz CT molecular complexity index is 667. The van der Waals surface area contributed by atoms with Crippen molar-refractivity contribution in [1.29, 1.82) is 0 Å². The van der Waals surface area contributed by atoms with Crippen LogP contribution in [-0.4, -0.2) is 63.8 Å². The summed E-state index contributed by atoms with van der Waals surface area (Å²) in [6, 6.07) is 0.840. The number of hydrogen-bond donors (Lipinski definition) is 3. The first-order chi connectivity index (χ1) is 13.3. The fourth-order valence-electron chi connectivity index (χ4n) is 2.30. The van der Waals surface area contributed by atoms with Crippen LogP contribution in [0.1, 0.15) is 12.5 Å². The number of nitrogens with one attached hydrogen (secondary N) is 3. The number of carbonyl (C=O) groups is 3. The van der Waals surface area contributed by atoms with Crippen LogP contribution >= 0.6 is 0 Å². The number of methoxy groups -OCH3 is 2. The summed E-state index contributed by atoms with van der Waals surface area (Å²) in [5, 5.41) is 7.48. The average Bonchev–Trinajstić information content (AvgIpc) is 2.60. The molecule has 0 aliphatic carbocycles. The Labute approximate surface area is 162 Å². The number of ether oxygens (including phenoxy) is 2. The highest BCUT2D eigenvalue weighted by molar-refractivity contribution is 5.92. The van der Waals surface area contributed by atoms with Crippen LogP contribution in [0.3, 0.4) is 0 Å². The van der Waals surface area contributed by atoms with E-state index in [0.29, 0.717) is 12.7 Å². The lowest BCUT2D eigenvalue weighted by molar-refractivity contribution is -0.132. The summed E-state index contributed by atoms with van der Waals surface area (Å²) in [5.74, 6) is -3.25. The van der Waals surface area contributed by atoms with Gasteiger partial charge < -0.3 is 25.4 Å². The first kappa shape index (κ1) is 23.4. The van der Waals surface area contributed by atoms with Gasteiger partial charge in [-0.05, 0) is 24.6 Å². The van der Waals surface area contributed by atoms with Crippen molar-refractivity contribution in [1.82, 2.24) is 16.0 Å². The highest BCUT2D eigenvalue weighted by Crippen LogP contribution is 2.08. The van der Waals surface area contributed by atoms with Crippen LogP contribution < -0.4 is 16.0 Å². The molecule has 1 aromatic carbocycles.